The minimum Gasteiger partial charge on any atom is -0.0149 e. The molecule has 0 saturated carbocycles. The molecule has 0 rings (SSSR count). The van der Waals surface area contributed by atoms with Gasteiger partial charge in [0.05, 0.1) is 0 Å². The molecule has 0 amide bonds. The van der Waals surface area contributed by atoms with Crippen LogP contribution < -0.4 is 0 Å². The summed E-state index contributed by atoms with van der Waals surface area (Å²) in [4.78, 5) is 0. The molecule has 0 fully saturated rings. The van der Waals surface area contributed by atoms with Crippen LogP contribution in [0, 0.1) is 0 Å². The molecule has 0 bridgehead atoms. The minimum absolute atomic E-state index is 0. The summed E-state index contributed by atoms with van der Waals surface area (Å²) in [6.07, 6.45) is 0. The first-order valence-corrected chi connectivity index (χ1v) is 5.92. The van der Waals surface area contributed by atoms with E-state index in [0.717, 1.165) is 0 Å². The molecule has 0 nitrogen and oxygen atoms in total. The van der Waals surface area contributed by atoms with Crippen molar-refractivity contribution in [2.45, 2.75) is 0 Å². The van der Waals surface area contributed by atoms with Crippen LogP contribution in [0.15, 0.2) is 0 Å². The van der Waals surface area contributed by atoms with Crippen LogP contribution in [0.4, 0.5) is 0 Å². The van der Waals surface area contributed by atoms with E-state index in [1.165, 1.54) is 0 Å². The summed E-state index contributed by atoms with van der Waals surface area (Å²) < 4.78 is 0. The molecule has 26 valence electrons. The topological polar surface area (TPSA) is 0 Å². The van der Waals surface area contributed by atoms with Crippen molar-refractivity contribution < 1.29 is 14.9 Å². The van der Waals surface area contributed by atoms with Crippen molar-refractivity contribution in [3.05, 3.63) is 0 Å². The Bertz CT molecular complexity index is 27.0. The number of hydrogen-bond donors (Lipinski definition) is 0. The molecule has 0 aliphatic carbocycles. The van der Waals surface area contributed by atoms with Gasteiger partial charge in [-0.25, -0.2) is 0 Å². The SMILES string of the molecule is [S]=[Mo]=[S].[SiH4]. The van der Waals surface area contributed by atoms with Crippen LogP contribution >= 0.6 is 19.6 Å². The van der Waals surface area contributed by atoms with Gasteiger partial charge in [0.25, 0.3) is 0 Å². The van der Waals surface area contributed by atoms with Gasteiger partial charge in [0, 0.05) is 0 Å². The van der Waals surface area contributed by atoms with Crippen molar-refractivity contribution in [3.8, 4) is 0 Å². The normalized spacial score (nSPS) is 3.00. The van der Waals surface area contributed by atoms with Crippen LogP contribution in [0.5, 0.6) is 0 Å². The van der Waals surface area contributed by atoms with E-state index in [2.05, 4.69) is 19.6 Å². The molecular weight excluding hydrogens is 188 g/mol. The van der Waals surface area contributed by atoms with Crippen LogP contribution in [0.3, 0.4) is 0 Å². The van der Waals surface area contributed by atoms with Gasteiger partial charge in [-0.3, -0.25) is 0 Å². The molecule has 0 saturated heterocycles. The summed E-state index contributed by atoms with van der Waals surface area (Å²) in [5.41, 5.74) is 0. The quantitative estimate of drug-likeness (QED) is 0.489. The Kier molecular flexibility index (Phi) is 19.9. The van der Waals surface area contributed by atoms with E-state index < -0.39 is 0 Å². The molecule has 0 aromatic rings. The Morgan fingerprint density at radius 3 is 1.25 bits per heavy atom. The summed E-state index contributed by atoms with van der Waals surface area (Å²) in [6.45, 7) is 0. The van der Waals surface area contributed by atoms with Crippen molar-refractivity contribution in [1.82, 2.24) is 0 Å². The van der Waals surface area contributed by atoms with Gasteiger partial charge in [0.2, 0.25) is 0 Å². The molecule has 4 heavy (non-hydrogen) atoms. The van der Waals surface area contributed by atoms with E-state index in [0.29, 0.717) is 0 Å². The second kappa shape index (κ2) is 8.84. The summed E-state index contributed by atoms with van der Waals surface area (Å²) in [6, 6.07) is 0. The smallest absolute Gasteiger partial charge is 0.0149 e. The Labute approximate surface area is 45.4 Å². The molecule has 0 aliphatic rings. The van der Waals surface area contributed by atoms with E-state index in [-0.39, 0.29) is 25.9 Å². The van der Waals surface area contributed by atoms with Gasteiger partial charge in [0.15, 0.2) is 0 Å². The molecule has 0 unspecified atom stereocenters. The molecule has 0 aliphatic heterocycles. The van der Waals surface area contributed by atoms with Gasteiger partial charge in [-0.1, -0.05) is 0 Å². The van der Waals surface area contributed by atoms with Crippen molar-refractivity contribution in [3.63, 3.8) is 0 Å². The summed E-state index contributed by atoms with van der Waals surface area (Å²) in [5.74, 6) is 0. The van der Waals surface area contributed by atoms with E-state index in [1.54, 1.807) is 0 Å². The second-order valence-corrected chi connectivity index (χ2v) is 3.62. The largest absolute Gasteiger partial charge is 0.0149 e. The van der Waals surface area contributed by atoms with Gasteiger partial charge >= 0.3 is 34.6 Å². The monoisotopic (exact) mass is 194 g/mol. The number of rotatable bonds is 0. The Morgan fingerprint density at radius 1 is 1.25 bits per heavy atom. The Hall–Kier alpha value is 1.35. The van der Waals surface area contributed by atoms with Crippen LogP contribution in [-0.4, -0.2) is 11.0 Å². The van der Waals surface area contributed by atoms with Crippen LogP contribution in [0.25, 0.3) is 0 Å². The van der Waals surface area contributed by atoms with Crippen LogP contribution in [0.2, 0.25) is 0 Å². The Morgan fingerprint density at radius 2 is 1.25 bits per heavy atom. The predicted octanol–water partition coefficient (Wildman–Crippen LogP) is -0.158. The molecule has 0 atom stereocenters. The van der Waals surface area contributed by atoms with Crippen LogP contribution in [-0.2, 0) is 14.9 Å². The summed E-state index contributed by atoms with van der Waals surface area (Å²) in [7, 11) is 8.68. The zero-order chi connectivity index (χ0) is 2.71. The molecule has 0 aromatic heterocycles. The molecule has 0 spiro atoms. The molecule has 0 heterocycles. The maximum absolute atomic E-state index is 4.34. The first kappa shape index (κ1) is 9.02. The Balaban J connectivity index is 0. The van der Waals surface area contributed by atoms with Crippen LogP contribution in [0.1, 0.15) is 0 Å². The third-order valence-corrected chi connectivity index (χ3v) is 0. The van der Waals surface area contributed by atoms with Gasteiger partial charge in [-0.2, -0.15) is 0 Å². The summed E-state index contributed by atoms with van der Waals surface area (Å²) >= 11 is -0.363. The fourth-order valence-electron chi connectivity index (χ4n) is 0. The fraction of sp³-hybridized carbons (Fsp3) is 0. The average molecular weight is 192 g/mol. The second-order valence-electron chi connectivity index (χ2n) is 0.0680. The van der Waals surface area contributed by atoms with Crippen molar-refractivity contribution in [2.24, 2.45) is 0 Å². The van der Waals surface area contributed by atoms with E-state index in [9.17, 15) is 0 Å². The predicted molar refractivity (Wildman–Crippen MR) is 26.5 cm³/mol. The van der Waals surface area contributed by atoms with Gasteiger partial charge in [0.1, 0.15) is 0 Å². The minimum atomic E-state index is -0.363. The molecule has 0 N–H and O–H groups in total. The van der Waals surface area contributed by atoms with Gasteiger partial charge < -0.3 is 0 Å². The van der Waals surface area contributed by atoms with E-state index >= 15 is 0 Å². The molecule has 0 radical (unpaired) electrons. The van der Waals surface area contributed by atoms with Gasteiger partial charge in [-0.15, -0.1) is 0 Å². The average Bonchev–Trinajstić information content (AvgIpc) is 0.918. The molecular formula is H4MoS2Si. The van der Waals surface area contributed by atoms with E-state index in [4.69, 9.17) is 0 Å². The number of hydrogen-bond acceptors (Lipinski definition) is 2. The standard InChI is InChI=1S/Mo.2S.H4Si/h;;;1H4. The van der Waals surface area contributed by atoms with Crippen molar-refractivity contribution in [2.75, 3.05) is 0 Å². The molecule has 4 heteroatoms. The molecule has 0 aromatic carbocycles. The van der Waals surface area contributed by atoms with Crippen molar-refractivity contribution in [1.29, 1.82) is 0 Å². The third kappa shape index (κ3) is 10.2. The fourth-order valence-corrected chi connectivity index (χ4v) is 0. The van der Waals surface area contributed by atoms with Gasteiger partial charge in [-0.05, 0) is 11.0 Å². The zero-order valence-corrected chi connectivity index (χ0v) is 4.86. The first-order chi connectivity index (χ1) is 1.41. The maximum atomic E-state index is 4.34. The van der Waals surface area contributed by atoms with E-state index in [1.807, 2.05) is 0 Å². The zero-order valence-electron chi connectivity index (χ0n) is 1.22. The third-order valence-electron chi connectivity index (χ3n) is 0. The first-order valence-electron chi connectivity index (χ1n) is 0.333. The maximum Gasteiger partial charge on any atom is -0.0149 e. The van der Waals surface area contributed by atoms with Crippen molar-refractivity contribution >= 4 is 30.6 Å². The summed E-state index contributed by atoms with van der Waals surface area (Å²) in [5, 5.41) is 0.